The Kier molecular flexibility index (Phi) is 3.52. The second-order valence-electron chi connectivity index (χ2n) is 6.03. The molecule has 0 aromatic carbocycles. The molecule has 0 radical (unpaired) electrons. The molecule has 6 nitrogen and oxygen atoms in total. The third kappa shape index (κ3) is 2.78. The molecule has 7 heteroatoms. The molecule has 1 aliphatic rings. The van der Waals surface area contributed by atoms with Crippen molar-refractivity contribution in [2.24, 2.45) is 5.73 Å². The van der Waals surface area contributed by atoms with Gasteiger partial charge in [-0.15, -0.1) is 0 Å². The van der Waals surface area contributed by atoms with Crippen molar-refractivity contribution in [1.82, 2.24) is 4.98 Å². The lowest BCUT2D eigenvalue weighted by Crippen LogP contribution is -2.41. The van der Waals surface area contributed by atoms with E-state index in [9.17, 15) is 9.59 Å². The van der Waals surface area contributed by atoms with Crippen molar-refractivity contribution in [3.8, 4) is 0 Å². The van der Waals surface area contributed by atoms with Gasteiger partial charge < -0.3 is 20.0 Å². The molecule has 0 unspecified atom stereocenters. The van der Waals surface area contributed by atoms with E-state index in [2.05, 4.69) is 4.98 Å². The summed E-state index contributed by atoms with van der Waals surface area (Å²) in [6.45, 7) is 7.72. The van der Waals surface area contributed by atoms with Crippen molar-refractivity contribution >= 4 is 18.6 Å². The molecule has 1 amide bonds. The number of hydrogen-bond acceptors (Lipinski definition) is 4. The van der Waals surface area contributed by atoms with Crippen LogP contribution in [0.5, 0.6) is 0 Å². The Bertz CT molecular complexity index is 578. The van der Waals surface area contributed by atoms with Crippen molar-refractivity contribution in [2.75, 3.05) is 0 Å². The number of amides is 1. The first-order valence-electron chi connectivity index (χ1n) is 6.48. The van der Waals surface area contributed by atoms with Crippen LogP contribution in [-0.2, 0) is 20.5 Å². The van der Waals surface area contributed by atoms with Crippen LogP contribution in [-0.4, -0.2) is 29.2 Å². The first kappa shape index (κ1) is 14.8. The van der Waals surface area contributed by atoms with Gasteiger partial charge in [-0.3, -0.25) is 9.59 Å². The van der Waals surface area contributed by atoms with E-state index in [-0.39, 0.29) is 11.8 Å². The van der Waals surface area contributed by atoms with Gasteiger partial charge in [0.25, 0.3) is 0 Å². The zero-order valence-corrected chi connectivity index (χ0v) is 12.1. The first-order valence-corrected chi connectivity index (χ1v) is 6.48. The number of pyridine rings is 1. The predicted molar refractivity (Wildman–Crippen MR) is 75.7 cm³/mol. The van der Waals surface area contributed by atoms with Gasteiger partial charge in [0.05, 0.1) is 17.6 Å². The van der Waals surface area contributed by atoms with E-state index in [1.807, 2.05) is 27.7 Å². The molecule has 1 saturated heterocycles. The number of H-pyrrole nitrogens is 1. The number of nitrogens with two attached hydrogens (primary N) is 1. The minimum absolute atomic E-state index is 0.0252. The Labute approximate surface area is 117 Å². The number of hydrogen-bond donors (Lipinski definition) is 2. The highest BCUT2D eigenvalue weighted by molar-refractivity contribution is 6.61. The van der Waals surface area contributed by atoms with Gasteiger partial charge in [0.15, 0.2) is 5.43 Å². The molecule has 0 atom stereocenters. The molecular weight excluding hydrogens is 259 g/mol. The zero-order chi connectivity index (χ0) is 15.1. The van der Waals surface area contributed by atoms with Crippen LogP contribution < -0.4 is 16.8 Å². The smallest absolute Gasteiger partial charge is 0.398 e. The Balaban J connectivity index is 2.33. The van der Waals surface area contributed by atoms with E-state index in [1.165, 1.54) is 12.1 Å². The van der Waals surface area contributed by atoms with Gasteiger partial charge in [0.2, 0.25) is 5.91 Å². The summed E-state index contributed by atoms with van der Waals surface area (Å²) in [6.07, 6.45) is -0.0252. The minimum atomic E-state index is -0.666. The number of aromatic nitrogens is 1. The van der Waals surface area contributed by atoms with Gasteiger partial charge in [-0.05, 0) is 27.7 Å². The number of rotatable bonds is 3. The fourth-order valence-corrected chi connectivity index (χ4v) is 2.00. The molecule has 108 valence electrons. The number of aromatic amines is 1. The normalized spacial score (nSPS) is 20.1. The Morgan fingerprint density at radius 2 is 1.80 bits per heavy atom. The van der Waals surface area contributed by atoms with Crippen molar-refractivity contribution in [1.29, 1.82) is 0 Å². The maximum Gasteiger partial charge on any atom is 0.512 e. The van der Waals surface area contributed by atoms with Crippen LogP contribution in [0.4, 0.5) is 0 Å². The van der Waals surface area contributed by atoms with E-state index in [4.69, 9.17) is 15.0 Å². The number of carbonyl (C=O) groups is 1. The Morgan fingerprint density at radius 3 is 2.30 bits per heavy atom. The highest BCUT2D eigenvalue weighted by Gasteiger charge is 2.52. The van der Waals surface area contributed by atoms with E-state index in [0.717, 1.165) is 0 Å². The molecule has 1 aromatic heterocycles. The summed E-state index contributed by atoms with van der Waals surface area (Å²) < 4.78 is 11.7. The molecule has 0 aliphatic carbocycles. The van der Waals surface area contributed by atoms with Crippen LogP contribution in [0.3, 0.4) is 0 Å². The summed E-state index contributed by atoms with van der Waals surface area (Å²) in [4.78, 5) is 25.6. The van der Waals surface area contributed by atoms with Crippen molar-refractivity contribution in [3.63, 3.8) is 0 Å². The summed E-state index contributed by atoms with van der Waals surface area (Å²) in [5.74, 6) is -0.508. The molecule has 1 fully saturated rings. The third-order valence-corrected chi connectivity index (χ3v) is 3.79. The largest absolute Gasteiger partial charge is 0.512 e. The second kappa shape index (κ2) is 4.75. The average molecular weight is 278 g/mol. The summed E-state index contributed by atoms with van der Waals surface area (Å²) >= 11 is 0. The van der Waals surface area contributed by atoms with Crippen LogP contribution in [0.25, 0.3) is 0 Å². The molecule has 1 aromatic rings. The minimum Gasteiger partial charge on any atom is -0.398 e. The summed E-state index contributed by atoms with van der Waals surface area (Å²) in [5, 5.41) is 0. The molecule has 1 aliphatic heterocycles. The summed E-state index contributed by atoms with van der Waals surface area (Å²) in [5.41, 5.74) is 4.89. The van der Waals surface area contributed by atoms with Gasteiger partial charge in [-0.25, -0.2) is 0 Å². The number of carbonyl (C=O) groups excluding carboxylic acids is 1. The molecular formula is C13H19BN2O4. The lowest BCUT2D eigenvalue weighted by Gasteiger charge is -2.32. The third-order valence-electron chi connectivity index (χ3n) is 3.79. The lowest BCUT2D eigenvalue weighted by atomic mass is 9.84. The fourth-order valence-electron chi connectivity index (χ4n) is 2.00. The summed E-state index contributed by atoms with van der Waals surface area (Å²) in [7, 11) is -0.666. The van der Waals surface area contributed by atoms with Gasteiger partial charge in [-0.1, -0.05) is 0 Å². The van der Waals surface area contributed by atoms with E-state index < -0.39 is 24.2 Å². The second-order valence-corrected chi connectivity index (χ2v) is 6.03. The predicted octanol–water partition coefficient (Wildman–Crippen LogP) is -0.298. The monoisotopic (exact) mass is 278 g/mol. The molecule has 0 spiro atoms. The van der Waals surface area contributed by atoms with Gasteiger partial charge >= 0.3 is 7.12 Å². The highest BCUT2D eigenvalue weighted by atomic mass is 16.7. The topological polar surface area (TPSA) is 94.4 Å². The Hall–Kier alpha value is -1.60. The molecule has 0 saturated carbocycles. The van der Waals surface area contributed by atoms with Crippen LogP contribution >= 0.6 is 0 Å². The fraction of sp³-hybridized carbons (Fsp3) is 0.538. The number of nitrogens with one attached hydrogen (secondary N) is 1. The van der Waals surface area contributed by atoms with E-state index in [1.54, 1.807) is 0 Å². The van der Waals surface area contributed by atoms with Crippen LogP contribution in [0, 0.1) is 0 Å². The highest BCUT2D eigenvalue weighted by Crippen LogP contribution is 2.36. The molecule has 0 bridgehead atoms. The number of primary amides is 1. The average Bonchev–Trinajstić information content (AvgIpc) is 2.46. The van der Waals surface area contributed by atoms with Crippen molar-refractivity contribution < 1.29 is 14.1 Å². The van der Waals surface area contributed by atoms with Crippen LogP contribution in [0.2, 0.25) is 0 Å². The standard InChI is InChI=1S/C13H19BN2O4/c1-12(2)13(3,4)20-14(19-12)10-7-9(17)5-8(16-10)6-11(15)18/h5,7H,6H2,1-4H3,(H2,15,18)(H,16,17). The van der Waals surface area contributed by atoms with Crippen molar-refractivity contribution in [2.45, 2.75) is 45.3 Å². The van der Waals surface area contributed by atoms with E-state index >= 15 is 0 Å². The lowest BCUT2D eigenvalue weighted by molar-refractivity contribution is -0.117. The molecule has 20 heavy (non-hydrogen) atoms. The maximum atomic E-state index is 11.7. The van der Waals surface area contributed by atoms with Gasteiger partial charge in [0.1, 0.15) is 0 Å². The molecule has 2 rings (SSSR count). The summed E-state index contributed by atoms with van der Waals surface area (Å²) in [6, 6.07) is 2.76. The Morgan fingerprint density at radius 1 is 1.25 bits per heavy atom. The van der Waals surface area contributed by atoms with Crippen molar-refractivity contribution in [3.05, 3.63) is 28.0 Å². The van der Waals surface area contributed by atoms with Crippen LogP contribution in [0.15, 0.2) is 16.9 Å². The first-order chi connectivity index (χ1) is 9.10. The van der Waals surface area contributed by atoms with Crippen LogP contribution in [0.1, 0.15) is 33.4 Å². The molecule has 2 heterocycles. The van der Waals surface area contributed by atoms with Gasteiger partial charge in [0, 0.05) is 23.4 Å². The quantitative estimate of drug-likeness (QED) is 0.742. The maximum absolute atomic E-state index is 11.7. The molecule has 3 N–H and O–H groups in total. The van der Waals surface area contributed by atoms with E-state index in [0.29, 0.717) is 11.3 Å². The van der Waals surface area contributed by atoms with Gasteiger partial charge in [-0.2, -0.15) is 0 Å². The zero-order valence-electron chi connectivity index (χ0n) is 12.1. The SMILES string of the molecule is CC1(C)OB(c2cc(=O)cc(CC(N)=O)[nH]2)OC1(C)C.